The Balaban J connectivity index is 1.99. The van der Waals surface area contributed by atoms with Gasteiger partial charge < -0.3 is 20.1 Å². The highest BCUT2D eigenvalue weighted by Crippen LogP contribution is 2.00. The van der Waals surface area contributed by atoms with E-state index >= 15 is 0 Å². The van der Waals surface area contributed by atoms with Crippen molar-refractivity contribution in [2.75, 3.05) is 26.7 Å². The number of rotatable bonds is 8. The van der Waals surface area contributed by atoms with E-state index in [0.717, 1.165) is 5.56 Å². The zero-order valence-electron chi connectivity index (χ0n) is 11.6. The molecule has 0 aliphatic carbocycles. The normalized spacial score (nSPS) is 9.85. The molecule has 1 amide bonds. The summed E-state index contributed by atoms with van der Waals surface area (Å²) >= 11 is 0. The second-order valence-electron chi connectivity index (χ2n) is 4.06. The lowest BCUT2D eigenvalue weighted by Gasteiger charge is -2.07. The summed E-state index contributed by atoms with van der Waals surface area (Å²) in [5.74, 6) is -0.257. The Kier molecular flexibility index (Phi) is 7.83. The molecule has 0 bridgehead atoms. The van der Waals surface area contributed by atoms with Gasteiger partial charge in [0, 0.05) is 19.6 Å². The van der Waals surface area contributed by atoms with E-state index in [9.17, 15) is 9.59 Å². The molecule has 0 saturated carbocycles. The molecule has 0 spiro atoms. The lowest BCUT2D eigenvalue weighted by atomic mass is 10.2. The molecule has 0 aromatic heterocycles. The van der Waals surface area contributed by atoms with Gasteiger partial charge in [0.1, 0.15) is 6.61 Å². The molecule has 110 valence electrons. The van der Waals surface area contributed by atoms with E-state index in [1.165, 1.54) is 7.11 Å². The van der Waals surface area contributed by atoms with E-state index in [-0.39, 0.29) is 12.6 Å². The van der Waals surface area contributed by atoms with Crippen LogP contribution in [-0.4, -0.2) is 38.8 Å². The average Bonchev–Trinajstić information content (AvgIpc) is 2.49. The highest BCUT2D eigenvalue weighted by Gasteiger charge is 2.02. The SMILES string of the molecule is COC(=O)CCNCCNC(=O)OCc1ccccc1. The van der Waals surface area contributed by atoms with Crippen LogP contribution in [0, 0.1) is 0 Å². The predicted octanol–water partition coefficient (Wildman–Crippen LogP) is 1.07. The molecule has 0 unspecified atom stereocenters. The molecule has 1 aromatic rings. The van der Waals surface area contributed by atoms with Gasteiger partial charge in [0.25, 0.3) is 0 Å². The maximum Gasteiger partial charge on any atom is 0.407 e. The first kappa shape index (κ1) is 16.0. The molecule has 20 heavy (non-hydrogen) atoms. The Bertz CT molecular complexity index is 409. The number of esters is 1. The van der Waals surface area contributed by atoms with Crippen LogP contribution in [0.2, 0.25) is 0 Å². The van der Waals surface area contributed by atoms with Gasteiger partial charge in [0.05, 0.1) is 13.5 Å². The van der Waals surface area contributed by atoms with E-state index in [4.69, 9.17) is 4.74 Å². The van der Waals surface area contributed by atoms with Crippen LogP contribution in [0.5, 0.6) is 0 Å². The lowest BCUT2D eigenvalue weighted by molar-refractivity contribution is -0.140. The number of carbonyl (C=O) groups is 2. The number of nitrogens with one attached hydrogen (secondary N) is 2. The minimum absolute atomic E-state index is 0.252. The lowest BCUT2D eigenvalue weighted by Crippen LogP contribution is -2.33. The maximum atomic E-state index is 11.4. The Labute approximate surface area is 118 Å². The van der Waals surface area contributed by atoms with Crippen LogP contribution in [-0.2, 0) is 20.9 Å². The van der Waals surface area contributed by atoms with Crippen LogP contribution in [0.15, 0.2) is 30.3 Å². The van der Waals surface area contributed by atoms with Crippen molar-refractivity contribution >= 4 is 12.1 Å². The van der Waals surface area contributed by atoms with E-state index < -0.39 is 6.09 Å². The van der Waals surface area contributed by atoms with Gasteiger partial charge in [-0.3, -0.25) is 4.79 Å². The summed E-state index contributed by atoms with van der Waals surface area (Å²) in [5.41, 5.74) is 0.943. The van der Waals surface area contributed by atoms with Gasteiger partial charge in [-0.25, -0.2) is 4.79 Å². The molecule has 6 heteroatoms. The maximum absolute atomic E-state index is 11.4. The second kappa shape index (κ2) is 9.80. The van der Waals surface area contributed by atoms with Crippen molar-refractivity contribution in [3.05, 3.63) is 35.9 Å². The first-order valence-electron chi connectivity index (χ1n) is 6.44. The molecule has 1 aromatic carbocycles. The molecule has 0 atom stereocenters. The van der Waals surface area contributed by atoms with E-state index in [0.29, 0.717) is 26.1 Å². The monoisotopic (exact) mass is 280 g/mol. The molecule has 0 radical (unpaired) electrons. The van der Waals surface area contributed by atoms with Crippen LogP contribution in [0.4, 0.5) is 4.79 Å². The Morgan fingerprint density at radius 1 is 1.10 bits per heavy atom. The molecule has 0 aliphatic heterocycles. The molecule has 6 nitrogen and oxygen atoms in total. The third kappa shape index (κ3) is 7.38. The number of methoxy groups -OCH3 is 1. The Morgan fingerprint density at radius 2 is 1.85 bits per heavy atom. The predicted molar refractivity (Wildman–Crippen MR) is 74.1 cm³/mol. The van der Waals surface area contributed by atoms with Crippen LogP contribution in [0.25, 0.3) is 0 Å². The van der Waals surface area contributed by atoms with E-state index in [1.807, 2.05) is 30.3 Å². The highest BCUT2D eigenvalue weighted by atomic mass is 16.5. The number of amides is 1. The zero-order valence-corrected chi connectivity index (χ0v) is 11.6. The molecule has 0 saturated heterocycles. The molecular formula is C14H20N2O4. The molecule has 0 aliphatic rings. The summed E-state index contributed by atoms with van der Waals surface area (Å²) in [6.07, 6.45) is -0.141. The minimum Gasteiger partial charge on any atom is -0.469 e. The van der Waals surface area contributed by atoms with Crippen molar-refractivity contribution in [2.24, 2.45) is 0 Å². The fourth-order valence-electron chi connectivity index (χ4n) is 1.44. The van der Waals surface area contributed by atoms with Gasteiger partial charge in [0.15, 0.2) is 0 Å². The van der Waals surface area contributed by atoms with Gasteiger partial charge in [-0.1, -0.05) is 30.3 Å². The Hall–Kier alpha value is -2.08. The fourth-order valence-corrected chi connectivity index (χ4v) is 1.44. The number of ether oxygens (including phenoxy) is 2. The van der Waals surface area contributed by atoms with Crippen LogP contribution < -0.4 is 10.6 Å². The summed E-state index contributed by atoms with van der Waals surface area (Å²) in [6, 6.07) is 9.47. The van der Waals surface area contributed by atoms with Crippen LogP contribution in [0.1, 0.15) is 12.0 Å². The second-order valence-corrected chi connectivity index (χ2v) is 4.06. The molecule has 0 heterocycles. The van der Waals surface area contributed by atoms with Crippen molar-refractivity contribution < 1.29 is 19.1 Å². The van der Waals surface area contributed by atoms with Crippen molar-refractivity contribution in [1.29, 1.82) is 0 Å². The van der Waals surface area contributed by atoms with E-state index in [2.05, 4.69) is 15.4 Å². The summed E-state index contributed by atoms with van der Waals surface area (Å²) < 4.78 is 9.54. The van der Waals surface area contributed by atoms with E-state index in [1.54, 1.807) is 0 Å². The van der Waals surface area contributed by atoms with Crippen LogP contribution >= 0.6 is 0 Å². The standard InChI is InChI=1S/C14H20N2O4/c1-19-13(17)7-8-15-9-10-16-14(18)20-11-12-5-3-2-4-6-12/h2-6,15H,7-11H2,1H3,(H,16,18). The zero-order chi connectivity index (χ0) is 14.6. The van der Waals surface area contributed by atoms with Crippen molar-refractivity contribution in [1.82, 2.24) is 10.6 Å². The van der Waals surface area contributed by atoms with Gasteiger partial charge >= 0.3 is 12.1 Å². The number of carbonyl (C=O) groups excluding carboxylic acids is 2. The van der Waals surface area contributed by atoms with Crippen molar-refractivity contribution in [3.63, 3.8) is 0 Å². The smallest absolute Gasteiger partial charge is 0.407 e. The van der Waals surface area contributed by atoms with Gasteiger partial charge in [-0.05, 0) is 5.56 Å². The quantitative estimate of drug-likeness (QED) is 0.550. The molecule has 2 N–H and O–H groups in total. The number of benzene rings is 1. The van der Waals surface area contributed by atoms with Gasteiger partial charge in [-0.2, -0.15) is 0 Å². The largest absolute Gasteiger partial charge is 0.469 e. The summed E-state index contributed by atoms with van der Waals surface area (Å²) in [5, 5.41) is 5.62. The molecular weight excluding hydrogens is 260 g/mol. The first-order chi connectivity index (χ1) is 9.72. The minimum atomic E-state index is -0.455. The molecule has 0 fully saturated rings. The van der Waals surface area contributed by atoms with Crippen LogP contribution in [0.3, 0.4) is 0 Å². The van der Waals surface area contributed by atoms with Gasteiger partial charge in [-0.15, -0.1) is 0 Å². The van der Waals surface area contributed by atoms with Crippen molar-refractivity contribution in [2.45, 2.75) is 13.0 Å². The molecule has 1 rings (SSSR count). The van der Waals surface area contributed by atoms with Gasteiger partial charge in [0.2, 0.25) is 0 Å². The third-order valence-electron chi connectivity index (χ3n) is 2.52. The number of alkyl carbamates (subject to hydrolysis) is 1. The first-order valence-corrected chi connectivity index (χ1v) is 6.44. The third-order valence-corrected chi connectivity index (χ3v) is 2.52. The number of hydrogen-bond donors (Lipinski definition) is 2. The number of hydrogen-bond acceptors (Lipinski definition) is 5. The fraction of sp³-hybridized carbons (Fsp3) is 0.429. The summed E-state index contributed by atoms with van der Waals surface area (Å²) in [4.78, 5) is 22.2. The highest BCUT2D eigenvalue weighted by molar-refractivity contribution is 5.69. The topological polar surface area (TPSA) is 76.7 Å². The average molecular weight is 280 g/mol. The summed E-state index contributed by atoms with van der Waals surface area (Å²) in [6.45, 7) is 1.78. The summed E-state index contributed by atoms with van der Waals surface area (Å²) in [7, 11) is 1.35. The van der Waals surface area contributed by atoms with Crippen molar-refractivity contribution in [3.8, 4) is 0 Å². The Morgan fingerprint density at radius 3 is 2.55 bits per heavy atom.